The molecule has 3 heteroatoms. The molecule has 0 amide bonds. The van der Waals surface area contributed by atoms with Crippen LogP contribution in [0.15, 0.2) is 48.5 Å². The van der Waals surface area contributed by atoms with E-state index < -0.39 is 0 Å². The van der Waals surface area contributed by atoms with Crippen LogP contribution in [-0.4, -0.2) is 19.2 Å². The number of methoxy groups -OCH3 is 1. The fourth-order valence-electron chi connectivity index (χ4n) is 2.08. The number of esters is 1. The standard InChI is InChI=1S/C20H18O3/c1-22-20(21)18-10-8-16(9-11-18)3-2-15-4-6-17(7-5-15)14-23-19-12-13-19/h4-11,19H,12-14H2,1H3. The molecule has 3 nitrogen and oxygen atoms in total. The van der Waals surface area contributed by atoms with Crippen molar-refractivity contribution in [2.75, 3.05) is 7.11 Å². The maximum atomic E-state index is 11.4. The Labute approximate surface area is 136 Å². The molecule has 0 N–H and O–H groups in total. The first-order chi connectivity index (χ1) is 11.2. The van der Waals surface area contributed by atoms with Crippen LogP contribution >= 0.6 is 0 Å². The van der Waals surface area contributed by atoms with Crippen molar-refractivity contribution in [1.82, 2.24) is 0 Å². The van der Waals surface area contributed by atoms with Gasteiger partial charge in [-0.05, 0) is 54.8 Å². The molecule has 116 valence electrons. The van der Waals surface area contributed by atoms with Crippen molar-refractivity contribution < 1.29 is 14.3 Å². The highest BCUT2D eigenvalue weighted by Crippen LogP contribution is 2.24. The third-order valence-electron chi connectivity index (χ3n) is 3.62. The molecule has 0 radical (unpaired) electrons. The van der Waals surface area contributed by atoms with Gasteiger partial charge in [-0.1, -0.05) is 24.0 Å². The Kier molecular flexibility index (Phi) is 4.75. The Balaban J connectivity index is 1.62. The Morgan fingerprint density at radius 1 is 1.00 bits per heavy atom. The van der Waals surface area contributed by atoms with E-state index in [4.69, 9.17) is 4.74 Å². The van der Waals surface area contributed by atoms with Crippen LogP contribution in [0, 0.1) is 11.8 Å². The average molecular weight is 306 g/mol. The van der Waals surface area contributed by atoms with Gasteiger partial charge in [0, 0.05) is 11.1 Å². The minimum atomic E-state index is -0.339. The van der Waals surface area contributed by atoms with Gasteiger partial charge in [0.25, 0.3) is 0 Å². The zero-order chi connectivity index (χ0) is 16.1. The van der Waals surface area contributed by atoms with Crippen molar-refractivity contribution in [2.24, 2.45) is 0 Å². The second-order valence-electron chi connectivity index (χ2n) is 5.53. The molecule has 0 unspecified atom stereocenters. The lowest BCUT2D eigenvalue weighted by Gasteiger charge is -2.02. The van der Waals surface area contributed by atoms with Gasteiger partial charge in [-0.3, -0.25) is 0 Å². The molecule has 0 spiro atoms. The van der Waals surface area contributed by atoms with E-state index in [1.165, 1.54) is 25.5 Å². The lowest BCUT2D eigenvalue weighted by molar-refractivity contribution is 0.0600. The minimum Gasteiger partial charge on any atom is -0.465 e. The van der Waals surface area contributed by atoms with Crippen LogP contribution in [0.3, 0.4) is 0 Å². The maximum Gasteiger partial charge on any atom is 0.337 e. The van der Waals surface area contributed by atoms with Gasteiger partial charge in [0.05, 0.1) is 25.4 Å². The van der Waals surface area contributed by atoms with E-state index in [-0.39, 0.29) is 5.97 Å². The van der Waals surface area contributed by atoms with Crippen LogP contribution in [0.1, 0.15) is 39.9 Å². The summed E-state index contributed by atoms with van der Waals surface area (Å²) < 4.78 is 10.3. The average Bonchev–Trinajstić information content (AvgIpc) is 3.43. The van der Waals surface area contributed by atoms with E-state index in [0.29, 0.717) is 18.3 Å². The number of ether oxygens (including phenoxy) is 2. The molecule has 3 rings (SSSR count). The van der Waals surface area contributed by atoms with E-state index in [1.54, 1.807) is 12.1 Å². The summed E-state index contributed by atoms with van der Waals surface area (Å²) in [6, 6.07) is 15.2. The van der Waals surface area contributed by atoms with Crippen molar-refractivity contribution in [3.8, 4) is 11.8 Å². The number of rotatable bonds is 4. The van der Waals surface area contributed by atoms with Crippen molar-refractivity contribution in [1.29, 1.82) is 0 Å². The summed E-state index contributed by atoms with van der Waals surface area (Å²) >= 11 is 0. The Hall–Kier alpha value is -2.57. The molecule has 1 fully saturated rings. The highest BCUT2D eigenvalue weighted by Gasteiger charge is 2.21. The zero-order valence-electron chi connectivity index (χ0n) is 13.0. The number of benzene rings is 2. The Bertz CT molecular complexity index is 729. The quantitative estimate of drug-likeness (QED) is 0.640. The van der Waals surface area contributed by atoms with Gasteiger partial charge >= 0.3 is 5.97 Å². The first-order valence-corrected chi connectivity index (χ1v) is 7.65. The number of hydrogen-bond acceptors (Lipinski definition) is 3. The van der Waals surface area contributed by atoms with Gasteiger partial charge in [0.2, 0.25) is 0 Å². The number of carbonyl (C=O) groups is 1. The van der Waals surface area contributed by atoms with Crippen LogP contribution in [0.5, 0.6) is 0 Å². The van der Waals surface area contributed by atoms with Gasteiger partial charge < -0.3 is 9.47 Å². The summed E-state index contributed by atoms with van der Waals surface area (Å²) in [6.45, 7) is 0.674. The van der Waals surface area contributed by atoms with Gasteiger partial charge in [-0.15, -0.1) is 0 Å². The summed E-state index contributed by atoms with van der Waals surface area (Å²) in [5.41, 5.74) is 3.51. The largest absolute Gasteiger partial charge is 0.465 e. The molecule has 0 atom stereocenters. The second kappa shape index (κ2) is 7.13. The van der Waals surface area contributed by atoms with Crippen LogP contribution in [0.4, 0.5) is 0 Å². The Morgan fingerprint density at radius 2 is 1.57 bits per heavy atom. The molecule has 2 aromatic rings. The smallest absolute Gasteiger partial charge is 0.337 e. The van der Waals surface area contributed by atoms with Crippen LogP contribution in [-0.2, 0) is 16.1 Å². The second-order valence-corrected chi connectivity index (χ2v) is 5.53. The normalized spacial score (nSPS) is 13.1. The molecule has 0 aromatic heterocycles. The summed E-state index contributed by atoms with van der Waals surface area (Å²) in [5.74, 6) is 5.87. The van der Waals surface area contributed by atoms with Gasteiger partial charge in [0.1, 0.15) is 0 Å². The van der Waals surface area contributed by atoms with Crippen LogP contribution < -0.4 is 0 Å². The zero-order valence-corrected chi connectivity index (χ0v) is 13.0. The predicted octanol–water partition coefficient (Wildman–Crippen LogP) is 3.55. The molecule has 1 aliphatic carbocycles. The first kappa shape index (κ1) is 15.3. The summed E-state index contributed by atoms with van der Waals surface area (Å²) in [4.78, 5) is 11.4. The third-order valence-corrected chi connectivity index (χ3v) is 3.62. The van der Waals surface area contributed by atoms with Gasteiger partial charge in [-0.2, -0.15) is 0 Å². The van der Waals surface area contributed by atoms with E-state index >= 15 is 0 Å². The van der Waals surface area contributed by atoms with E-state index in [0.717, 1.165) is 11.1 Å². The summed E-state index contributed by atoms with van der Waals surface area (Å²) in [5, 5.41) is 0. The molecule has 0 aliphatic heterocycles. The van der Waals surface area contributed by atoms with Crippen LogP contribution in [0.2, 0.25) is 0 Å². The molecular weight excluding hydrogens is 288 g/mol. The number of hydrogen-bond donors (Lipinski definition) is 0. The van der Waals surface area contributed by atoms with Gasteiger partial charge in [0.15, 0.2) is 0 Å². The van der Waals surface area contributed by atoms with Gasteiger partial charge in [-0.25, -0.2) is 4.79 Å². The summed E-state index contributed by atoms with van der Waals surface area (Å²) in [6.07, 6.45) is 2.86. The predicted molar refractivity (Wildman–Crippen MR) is 88.0 cm³/mol. The molecule has 1 aliphatic rings. The van der Waals surface area contributed by atoms with Crippen LogP contribution in [0.25, 0.3) is 0 Å². The minimum absolute atomic E-state index is 0.339. The molecular formula is C20H18O3. The third kappa shape index (κ3) is 4.45. The van der Waals surface area contributed by atoms with Crippen molar-refractivity contribution in [3.05, 3.63) is 70.8 Å². The molecule has 0 saturated heterocycles. The Morgan fingerprint density at radius 3 is 2.09 bits per heavy atom. The fourth-order valence-corrected chi connectivity index (χ4v) is 2.08. The lowest BCUT2D eigenvalue weighted by atomic mass is 10.1. The molecule has 1 saturated carbocycles. The monoisotopic (exact) mass is 306 g/mol. The maximum absolute atomic E-state index is 11.4. The molecule has 0 heterocycles. The fraction of sp³-hybridized carbons (Fsp3) is 0.250. The van der Waals surface area contributed by atoms with Crippen molar-refractivity contribution >= 4 is 5.97 Å². The molecule has 2 aromatic carbocycles. The highest BCUT2D eigenvalue weighted by atomic mass is 16.5. The van der Waals surface area contributed by atoms with E-state index in [9.17, 15) is 4.79 Å². The molecule has 23 heavy (non-hydrogen) atoms. The SMILES string of the molecule is COC(=O)c1ccc(C#Cc2ccc(COC3CC3)cc2)cc1. The van der Waals surface area contributed by atoms with Crippen molar-refractivity contribution in [3.63, 3.8) is 0 Å². The first-order valence-electron chi connectivity index (χ1n) is 7.65. The topological polar surface area (TPSA) is 35.5 Å². The molecule has 0 bridgehead atoms. The highest BCUT2D eigenvalue weighted by molar-refractivity contribution is 5.89. The van der Waals surface area contributed by atoms with E-state index in [2.05, 4.69) is 16.6 Å². The lowest BCUT2D eigenvalue weighted by Crippen LogP contribution is -2.00. The summed E-state index contributed by atoms with van der Waals surface area (Å²) in [7, 11) is 1.37. The van der Waals surface area contributed by atoms with Crippen molar-refractivity contribution in [2.45, 2.75) is 25.6 Å². The number of carbonyl (C=O) groups excluding carboxylic acids is 1. The van der Waals surface area contributed by atoms with E-state index in [1.807, 2.05) is 36.4 Å².